The third kappa shape index (κ3) is 6.32. The highest BCUT2D eigenvalue weighted by atomic mass is 35.5. The van der Waals surface area contributed by atoms with Crippen LogP contribution in [0.5, 0.6) is 0 Å². The normalized spacial score (nSPS) is 12.8. The van der Waals surface area contributed by atoms with Gasteiger partial charge in [0.05, 0.1) is 27.2 Å². The molecule has 0 aromatic heterocycles. The maximum absolute atomic E-state index is 13.4. The summed E-state index contributed by atoms with van der Waals surface area (Å²) in [4.78, 5) is 12.6. The van der Waals surface area contributed by atoms with E-state index in [2.05, 4.69) is 5.32 Å². The molecule has 35 heavy (non-hydrogen) atoms. The van der Waals surface area contributed by atoms with Crippen LogP contribution in [-0.2, 0) is 21.0 Å². The van der Waals surface area contributed by atoms with E-state index in [0.29, 0.717) is 15.9 Å². The molecule has 3 aromatic rings. The molecule has 0 unspecified atom stereocenters. The van der Waals surface area contributed by atoms with E-state index >= 15 is 0 Å². The average molecular weight is 529 g/mol. The lowest BCUT2D eigenvalue weighted by Gasteiger charge is -2.26. The molecule has 0 aliphatic rings. The molecule has 1 atom stereocenters. The Labute approximate surface area is 205 Å². The lowest BCUT2D eigenvalue weighted by molar-refractivity contribution is -0.137. The number of carbonyl (C=O) groups excluding carboxylic acids is 1. The van der Waals surface area contributed by atoms with E-state index < -0.39 is 51.1 Å². The number of benzene rings is 3. The molecule has 0 bridgehead atoms. The highest BCUT2D eigenvalue weighted by molar-refractivity contribution is 7.92. The number of hydrogen-bond donors (Lipinski definition) is 1. The summed E-state index contributed by atoms with van der Waals surface area (Å²) in [5, 5.41) is 1.98. The minimum Gasteiger partial charge on any atom is -0.348 e. The molecule has 0 heterocycles. The summed E-state index contributed by atoms with van der Waals surface area (Å²) in [6, 6.07) is 13.0. The van der Waals surface area contributed by atoms with Crippen molar-refractivity contribution in [3.63, 3.8) is 0 Å². The van der Waals surface area contributed by atoms with Crippen LogP contribution in [0.15, 0.2) is 71.6 Å². The molecule has 0 saturated carbocycles. The quantitative estimate of drug-likeness (QED) is 0.389. The summed E-state index contributed by atoms with van der Waals surface area (Å²) in [5.41, 5.74) is -0.293. The van der Waals surface area contributed by atoms with Crippen molar-refractivity contribution in [2.75, 3.05) is 10.8 Å². The molecular formula is C24H21ClF4N2O3S. The van der Waals surface area contributed by atoms with Gasteiger partial charge in [-0.2, -0.15) is 13.2 Å². The van der Waals surface area contributed by atoms with Gasteiger partial charge in [0.15, 0.2) is 0 Å². The zero-order valence-electron chi connectivity index (χ0n) is 18.6. The predicted molar refractivity (Wildman–Crippen MR) is 125 cm³/mol. The van der Waals surface area contributed by atoms with Gasteiger partial charge in [-0.25, -0.2) is 12.8 Å². The number of carbonyl (C=O) groups is 1. The van der Waals surface area contributed by atoms with E-state index in [-0.39, 0.29) is 10.6 Å². The fourth-order valence-electron chi connectivity index (χ4n) is 3.29. The fourth-order valence-corrected chi connectivity index (χ4v) is 4.93. The fraction of sp³-hybridized carbons (Fsp3) is 0.208. The molecule has 0 aliphatic heterocycles. The molecule has 0 saturated heterocycles. The van der Waals surface area contributed by atoms with Crippen LogP contribution < -0.4 is 9.62 Å². The minimum absolute atomic E-state index is 0.203. The van der Waals surface area contributed by atoms with Gasteiger partial charge in [-0.15, -0.1) is 0 Å². The molecule has 186 valence electrons. The van der Waals surface area contributed by atoms with Crippen LogP contribution in [0.4, 0.5) is 23.2 Å². The average Bonchev–Trinajstić information content (AvgIpc) is 2.78. The summed E-state index contributed by atoms with van der Waals surface area (Å²) < 4.78 is 80.9. The Morgan fingerprint density at radius 3 is 2.20 bits per heavy atom. The number of nitrogens with zero attached hydrogens (tertiary/aromatic N) is 1. The first kappa shape index (κ1) is 26.5. The van der Waals surface area contributed by atoms with Crippen LogP contribution in [0, 0.1) is 12.7 Å². The van der Waals surface area contributed by atoms with Crippen molar-refractivity contribution >= 4 is 33.2 Å². The number of anilines is 1. The van der Waals surface area contributed by atoms with Gasteiger partial charge in [-0.05, 0) is 61.9 Å². The van der Waals surface area contributed by atoms with Crippen LogP contribution in [0.3, 0.4) is 0 Å². The SMILES string of the molecule is Cc1ccc(S(=O)(=O)N(CC(=O)N[C@@H](C)c2ccc(F)cc2)c2ccc(Cl)c(C(F)(F)F)c2)cc1. The number of halogens is 5. The number of amides is 1. The third-order valence-corrected chi connectivity index (χ3v) is 7.30. The molecule has 3 rings (SSSR count). The predicted octanol–water partition coefficient (Wildman–Crippen LogP) is 5.88. The number of sulfonamides is 1. The Kier molecular flexibility index (Phi) is 7.76. The van der Waals surface area contributed by atoms with Gasteiger partial charge in [-0.1, -0.05) is 41.4 Å². The Balaban J connectivity index is 1.99. The molecule has 11 heteroatoms. The van der Waals surface area contributed by atoms with Crippen LogP contribution in [0.1, 0.15) is 29.7 Å². The van der Waals surface area contributed by atoms with Crippen molar-refractivity contribution in [3.05, 3.63) is 94.3 Å². The molecule has 0 aliphatic carbocycles. The van der Waals surface area contributed by atoms with Gasteiger partial charge in [0.1, 0.15) is 12.4 Å². The zero-order chi connectivity index (χ0) is 26.0. The number of rotatable bonds is 7. The third-order valence-electron chi connectivity index (χ3n) is 5.19. The van der Waals surface area contributed by atoms with Crippen molar-refractivity contribution < 1.29 is 30.8 Å². The second-order valence-electron chi connectivity index (χ2n) is 7.83. The molecule has 0 spiro atoms. The number of nitrogens with one attached hydrogen (secondary N) is 1. The van der Waals surface area contributed by atoms with E-state index in [9.17, 15) is 30.8 Å². The van der Waals surface area contributed by atoms with Crippen LogP contribution in [0.2, 0.25) is 5.02 Å². The Morgan fingerprint density at radius 1 is 1.03 bits per heavy atom. The molecule has 5 nitrogen and oxygen atoms in total. The molecule has 0 radical (unpaired) electrons. The Morgan fingerprint density at radius 2 is 1.63 bits per heavy atom. The van der Waals surface area contributed by atoms with E-state index in [1.54, 1.807) is 13.8 Å². The van der Waals surface area contributed by atoms with Crippen molar-refractivity contribution in [2.45, 2.75) is 31.0 Å². The smallest absolute Gasteiger partial charge is 0.348 e. The first-order valence-corrected chi connectivity index (χ1v) is 12.1. The maximum atomic E-state index is 13.4. The Hall–Kier alpha value is -3.11. The highest BCUT2D eigenvalue weighted by Crippen LogP contribution is 2.38. The second kappa shape index (κ2) is 10.2. The van der Waals surface area contributed by atoms with Gasteiger partial charge in [0.2, 0.25) is 5.91 Å². The number of alkyl halides is 3. The summed E-state index contributed by atoms with van der Waals surface area (Å²) in [7, 11) is -4.43. The van der Waals surface area contributed by atoms with E-state index in [0.717, 1.165) is 17.7 Å². The monoisotopic (exact) mass is 528 g/mol. The van der Waals surface area contributed by atoms with Gasteiger partial charge in [0, 0.05) is 0 Å². The summed E-state index contributed by atoms with van der Waals surface area (Å²) in [6.07, 6.45) is -4.84. The largest absolute Gasteiger partial charge is 0.417 e. The zero-order valence-corrected chi connectivity index (χ0v) is 20.2. The number of aryl methyl sites for hydroxylation is 1. The Bertz CT molecular complexity index is 1310. The van der Waals surface area contributed by atoms with Gasteiger partial charge < -0.3 is 5.32 Å². The van der Waals surface area contributed by atoms with Crippen molar-refractivity contribution in [2.24, 2.45) is 0 Å². The molecule has 1 N–H and O–H groups in total. The topological polar surface area (TPSA) is 66.5 Å². The second-order valence-corrected chi connectivity index (χ2v) is 10.1. The molecular weight excluding hydrogens is 508 g/mol. The minimum atomic E-state index is -4.84. The summed E-state index contributed by atoms with van der Waals surface area (Å²) in [6.45, 7) is 2.54. The van der Waals surface area contributed by atoms with Gasteiger partial charge >= 0.3 is 6.18 Å². The van der Waals surface area contributed by atoms with Crippen molar-refractivity contribution in [1.82, 2.24) is 5.32 Å². The van der Waals surface area contributed by atoms with Gasteiger partial charge in [0.25, 0.3) is 10.0 Å². The maximum Gasteiger partial charge on any atom is 0.417 e. The van der Waals surface area contributed by atoms with Crippen LogP contribution in [-0.4, -0.2) is 20.9 Å². The van der Waals surface area contributed by atoms with Crippen molar-refractivity contribution in [1.29, 1.82) is 0 Å². The summed E-state index contributed by atoms with van der Waals surface area (Å²) >= 11 is 5.69. The highest BCUT2D eigenvalue weighted by Gasteiger charge is 2.35. The first-order valence-electron chi connectivity index (χ1n) is 10.3. The molecule has 0 fully saturated rings. The summed E-state index contributed by atoms with van der Waals surface area (Å²) in [5.74, 6) is -1.24. The molecule has 1 amide bonds. The van der Waals surface area contributed by atoms with E-state index in [1.165, 1.54) is 48.5 Å². The van der Waals surface area contributed by atoms with Crippen LogP contribution in [0.25, 0.3) is 0 Å². The first-order chi connectivity index (χ1) is 16.3. The standard InChI is InChI=1S/C24H21ClF4N2O3S/c1-15-3-10-20(11-4-15)35(33,34)31(19-9-12-22(25)21(13-19)24(27,28)29)14-23(32)30-16(2)17-5-7-18(26)8-6-17/h3-13,16H,14H2,1-2H3,(H,30,32)/t16-/m0/s1. The van der Waals surface area contributed by atoms with E-state index in [1.807, 2.05) is 0 Å². The van der Waals surface area contributed by atoms with Crippen LogP contribution >= 0.6 is 11.6 Å². The van der Waals surface area contributed by atoms with E-state index in [4.69, 9.17) is 11.6 Å². The number of hydrogen-bond acceptors (Lipinski definition) is 3. The molecule has 3 aromatic carbocycles. The lowest BCUT2D eigenvalue weighted by atomic mass is 10.1. The van der Waals surface area contributed by atoms with Crippen molar-refractivity contribution in [3.8, 4) is 0 Å². The lowest BCUT2D eigenvalue weighted by Crippen LogP contribution is -2.41. The van der Waals surface area contributed by atoms with Gasteiger partial charge in [-0.3, -0.25) is 9.10 Å².